The summed E-state index contributed by atoms with van der Waals surface area (Å²) in [4.78, 5) is 24.1. The summed E-state index contributed by atoms with van der Waals surface area (Å²) in [6.45, 7) is 7.14. The van der Waals surface area contributed by atoms with Crippen molar-refractivity contribution in [1.29, 1.82) is 0 Å². The molecule has 1 aliphatic heterocycles. The van der Waals surface area contributed by atoms with Crippen molar-refractivity contribution in [3.05, 3.63) is 50.6 Å². The minimum atomic E-state index is -0.0794. The van der Waals surface area contributed by atoms with Gasteiger partial charge in [-0.05, 0) is 47.1 Å². The Kier molecular flexibility index (Phi) is 4.94. The number of aromatic amines is 1. The van der Waals surface area contributed by atoms with Crippen LogP contribution in [0.3, 0.4) is 0 Å². The molecule has 1 aliphatic rings. The van der Waals surface area contributed by atoms with Gasteiger partial charge in [0.05, 0.1) is 5.56 Å². The van der Waals surface area contributed by atoms with E-state index < -0.39 is 0 Å². The summed E-state index contributed by atoms with van der Waals surface area (Å²) in [6, 6.07) is 2.08. The number of hydrogen-bond acceptors (Lipinski definition) is 4. The summed E-state index contributed by atoms with van der Waals surface area (Å²) in [7, 11) is 2.15. The number of hydrogen-bond donors (Lipinski definition) is 1. The third-order valence-corrected chi connectivity index (χ3v) is 5.20. The predicted octanol–water partition coefficient (Wildman–Crippen LogP) is 2.26. The summed E-state index contributed by atoms with van der Waals surface area (Å²) in [5.74, 6) is 0. The van der Waals surface area contributed by atoms with Gasteiger partial charge >= 0.3 is 0 Å². The highest BCUT2D eigenvalue weighted by atomic mass is 79.9. The standard InChI is InChI=1S/C17H21BrN4O/c1-12-15(18)10-20-17(23)16(12)14-7-13(8-19-9-14)11-22-5-3-21(2)4-6-22/h7-10H,3-6,11H2,1-2H3,(H,20,23). The minimum absolute atomic E-state index is 0.0794. The van der Waals surface area contributed by atoms with Gasteiger partial charge in [-0.2, -0.15) is 0 Å². The normalized spacial score (nSPS) is 16.7. The molecule has 0 bridgehead atoms. The zero-order chi connectivity index (χ0) is 16.4. The Morgan fingerprint density at radius 2 is 2.00 bits per heavy atom. The summed E-state index contributed by atoms with van der Waals surface area (Å²) in [6.07, 6.45) is 5.34. The lowest BCUT2D eigenvalue weighted by molar-refractivity contribution is 0.148. The SMILES string of the molecule is Cc1c(Br)c[nH]c(=O)c1-c1cncc(CN2CCN(C)CC2)c1. The highest BCUT2D eigenvalue weighted by molar-refractivity contribution is 9.10. The summed E-state index contributed by atoms with van der Waals surface area (Å²) >= 11 is 3.48. The Morgan fingerprint density at radius 1 is 1.26 bits per heavy atom. The molecule has 23 heavy (non-hydrogen) atoms. The zero-order valence-corrected chi connectivity index (χ0v) is 15.1. The number of H-pyrrole nitrogens is 1. The van der Waals surface area contributed by atoms with Gasteiger partial charge in [-0.25, -0.2) is 0 Å². The smallest absolute Gasteiger partial charge is 0.256 e. The first-order valence-corrected chi connectivity index (χ1v) is 8.57. The molecule has 0 spiro atoms. The third kappa shape index (κ3) is 3.71. The maximum atomic E-state index is 12.2. The van der Waals surface area contributed by atoms with E-state index in [1.807, 2.05) is 13.1 Å². The number of nitrogens with zero attached hydrogens (tertiary/aromatic N) is 3. The highest BCUT2D eigenvalue weighted by Gasteiger charge is 2.15. The van der Waals surface area contributed by atoms with Crippen LogP contribution in [0.5, 0.6) is 0 Å². The first kappa shape index (κ1) is 16.4. The molecule has 0 aromatic carbocycles. The molecule has 1 fully saturated rings. The minimum Gasteiger partial charge on any atom is -0.327 e. The van der Waals surface area contributed by atoms with E-state index in [1.165, 1.54) is 0 Å². The average Bonchev–Trinajstić information content (AvgIpc) is 2.54. The van der Waals surface area contributed by atoms with Gasteiger partial charge in [0.25, 0.3) is 5.56 Å². The van der Waals surface area contributed by atoms with E-state index in [4.69, 9.17) is 0 Å². The van der Waals surface area contributed by atoms with Crippen LogP contribution in [0.25, 0.3) is 11.1 Å². The molecule has 2 aromatic heterocycles. The van der Waals surface area contributed by atoms with Gasteiger partial charge in [-0.1, -0.05) is 0 Å². The van der Waals surface area contributed by atoms with Gasteiger partial charge in [-0.3, -0.25) is 14.7 Å². The second-order valence-corrected chi connectivity index (χ2v) is 6.98. The van der Waals surface area contributed by atoms with E-state index in [2.05, 4.69) is 48.8 Å². The molecule has 5 nitrogen and oxygen atoms in total. The Labute approximate surface area is 144 Å². The van der Waals surface area contributed by atoms with Crippen LogP contribution in [0.4, 0.5) is 0 Å². The van der Waals surface area contributed by atoms with Gasteiger partial charge < -0.3 is 9.88 Å². The molecule has 0 saturated carbocycles. The van der Waals surface area contributed by atoms with E-state index in [0.29, 0.717) is 5.56 Å². The molecule has 122 valence electrons. The second-order valence-electron chi connectivity index (χ2n) is 6.13. The second kappa shape index (κ2) is 6.95. The van der Waals surface area contributed by atoms with E-state index in [0.717, 1.165) is 53.9 Å². The van der Waals surface area contributed by atoms with E-state index in [9.17, 15) is 4.79 Å². The van der Waals surface area contributed by atoms with Crippen molar-refractivity contribution in [3.8, 4) is 11.1 Å². The van der Waals surface area contributed by atoms with Crippen molar-refractivity contribution in [2.75, 3.05) is 33.2 Å². The van der Waals surface area contributed by atoms with Crippen molar-refractivity contribution < 1.29 is 0 Å². The fourth-order valence-corrected chi connectivity index (χ4v) is 3.23. The lowest BCUT2D eigenvalue weighted by Crippen LogP contribution is -2.43. The molecular formula is C17H21BrN4O. The van der Waals surface area contributed by atoms with Crippen molar-refractivity contribution in [2.45, 2.75) is 13.5 Å². The molecule has 0 atom stereocenters. The maximum Gasteiger partial charge on any atom is 0.256 e. The largest absolute Gasteiger partial charge is 0.327 e. The Morgan fingerprint density at radius 3 is 2.74 bits per heavy atom. The molecule has 1 N–H and O–H groups in total. The number of nitrogens with one attached hydrogen (secondary N) is 1. The van der Waals surface area contributed by atoms with Crippen LogP contribution in [-0.2, 0) is 6.54 Å². The molecule has 3 rings (SSSR count). The van der Waals surface area contributed by atoms with Gasteiger partial charge in [0.1, 0.15) is 0 Å². The quantitative estimate of drug-likeness (QED) is 0.892. The monoisotopic (exact) mass is 376 g/mol. The molecular weight excluding hydrogens is 356 g/mol. The first-order valence-electron chi connectivity index (χ1n) is 7.77. The van der Waals surface area contributed by atoms with Crippen molar-refractivity contribution in [1.82, 2.24) is 19.8 Å². The van der Waals surface area contributed by atoms with Crippen molar-refractivity contribution in [3.63, 3.8) is 0 Å². The lowest BCUT2D eigenvalue weighted by atomic mass is 10.0. The predicted molar refractivity (Wildman–Crippen MR) is 95.5 cm³/mol. The van der Waals surface area contributed by atoms with Gasteiger partial charge in [0, 0.05) is 61.4 Å². The van der Waals surface area contributed by atoms with Crippen LogP contribution >= 0.6 is 15.9 Å². The van der Waals surface area contributed by atoms with Gasteiger partial charge in [-0.15, -0.1) is 0 Å². The topological polar surface area (TPSA) is 52.2 Å². The number of aromatic nitrogens is 2. The molecule has 2 aromatic rings. The number of rotatable bonds is 3. The van der Waals surface area contributed by atoms with Crippen molar-refractivity contribution >= 4 is 15.9 Å². The number of likely N-dealkylation sites (N-methyl/N-ethyl adjacent to an activating group) is 1. The van der Waals surface area contributed by atoms with Crippen LogP contribution in [0.1, 0.15) is 11.1 Å². The molecule has 1 saturated heterocycles. The number of piperazine rings is 1. The van der Waals surface area contributed by atoms with Crippen molar-refractivity contribution in [2.24, 2.45) is 0 Å². The number of pyridine rings is 2. The fourth-order valence-electron chi connectivity index (χ4n) is 2.92. The first-order chi connectivity index (χ1) is 11.0. The van der Waals surface area contributed by atoms with Crippen LogP contribution in [0, 0.1) is 6.92 Å². The van der Waals surface area contributed by atoms with E-state index in [-0.39, 0.29) is 5.56 Å². The van der Waals surface area contributed by atoms with E-state index >= 15 is 0 Å². The summed E-state index contributed by atoms with van der Waals surface area (Å²) < 4.78 is 0.900. The third-order valence-electron chi connectivity index (χ3n) is 4.38. The zero-order valence-electron chi connectivity index (χ0n) is 13.5. The summed E-state index contributed by atoms with van der Waals surface area (Å²) in [5, 5.41) is 0. The lowest BCUT2D eigenvalue weighted by Gasteiger charge is -2.32. The molecule has 0 unspecified atom stereocenters. The van der Waals surface area contributed by atoms with Crippen LogP contribution < -0.4 is 5.56 Å². The summed E-state index contributed by atoms with van der Waals surface area (Å²) in [5.41, 5.74) is 3.56. The molecule has 0 radical (unpaired) electrons. The molecule has 3 heterocycles. The molecule has 0 amide bonds. The van der Waals surface area contributed by atoms with Crippen LogP contribution in [0.2, 0.25) is 0 Å². The van der Waals surface area contributed by atoms with E-state index in [1.54, 1.807) is 12.4 Å². The maximum absolute atomic E-state index is 12.2. The fraction of sp³-hybridized carbons (Fsp3) is 0.412. The van der Waals surface area contributed by atoms with Crippen LogP contribution in [0.15, 0.2) is 33.9 Å². The van der Waals surface area contributed by atoms with Crippen LogP contribution in [-0.4, -0.2) is 53.0 Å². The Bertz CT molecular complexity index is 750. The Balaban J connectivity index is 1.86. The van der Waals surface area contributed by atoms with Gasteiger partial charge in [0.15, 0.2) is 0 Å². The highest BCUT2D eigenvalue weighted by Crippen LogP contribution is 2.25. The van der Waals surface area contributed by atoms with Gasteiger partial charge in [0.2, 0.25) is 0 Å². The molecule has 0 aliphatic carbocycles. The average molecular weight is 377 g/mol. The molecule has 6 heteroatoms. The number of halogens is 1. The Hall–Kier alpha value is -1.50.